The molecule has 3 N–H and O–H groups in total. The molecule has 110 valence electrons. The molecule has 20 heavy (non-hydrogen) atoms. The molecule has 0 radical (unpaired) electrons. The van der Waals surface area contributed by atoms with Gasteiger partial charge in [0, 0.05) is 24.9 Å². The molecular weight excluding hydrogens is 252 g/mol. The molecule has 1 amide bonds. The van der Waals surface area contributed by atoms with Crippen molar-refractivity contribution in [1.29, 1.82) is 0 Å². The number of aliphatic hydroxyl groups is 1. The Hall–Kier alpha value is -1.39. The lowest BCUT2D eigenvalue weighted by molar-refractivity contribution is -0.122. The molecule has 0 saturated carbocycles. The lowest BCUT2D eigenvalue weighted by Gasteiger charge is -2.21. The van der Waals surface area contributed by atoms with E-state index >= 15 is 0 Å². The molecule has 0 spiro atoms. The minimum Gasteiger partial charge on any atom is -0.390 e. The highest BCUT2D eigenvalue weighted by molar-refractivity contribution is 5.77. The third kappa shape index (κ3) is 3.81. The van der Waals surface area contributed by atoms with E-state index in [1.54, 1.807) is 0 Å². The minimum atomic E-state index is -0.521. The standard InChI is InChI=1S/C16H24N2O2/c1-16(2,3)17-9-8-14(20)18-15-12-7-5-4-6-11(12)10-13(15)19/h4-7,13,15,17,19H,8-10H2,1-3H3,(H,18,20)/t13-,15+/m0/s1. The van der Waals surface area contributed by atoms with Crippen LogP contribution in [0.5, 0.6) is 0 Å². The van der Waals surface area contributed by atoms with Crippen molar-refractivity contribution >= 4 is 5.91 Å². The Kier molecular flexibility index (Phi) is 4.45. The van der Waals surface area contributed by atoms with Crippen molar-refractivity contribution in [3.05, 3.63) is 35.4 Å². The van der Waals surface area contributed by atoms with Gasteiger partial charge in [-0.2, -0.15) is 0 Å². The van der Waals surface area contributed by atoms with E-state index in [0.29, 0.717) is 19.4 Å². The lowest BCUT2D eigenvalue weighted by atomic mass is 10.1. The van der Waals surface area contributed by atoms with E-state index in [-0.39, 0.29) is 17.5 Å². The molecule has 0 unspecified atom stereocenters. The smallest absolute Gasteiger partial charge is 0.221 e. The fraction of sp³-hybridized carbons (Fsp3) is 0.562. The molecule has 2 atom stereocenters. The second-order valence-electron chi connectivity index (χ2n) is 6.44. The molecule has 0 aliphatic heterocycles. The van der Waals surface area contributed by atoms with Crippen LogP contribution >= 0.6 is 0 Å². The maximum atomic E-state index is 12.0. The molecule has 1 aliphatic carbocycles. The molecule has 1 aromatic rings. The number of aliphatic hydroxyl groups excluding tert-OH is 1. The molecule has 0 bridgehead atoms. The van der Waals surface area contributed by atoms with Crippen molar-refractivity contribution in [2.45, 2.75) is 51.3 Å². The van der Waals surface area contributed by atoms with Gasteiger partial charge in [0.05, 0.1) is 12.1 Å². The molecule has 1 aromatic carbocycles. The number of fused-ring (bicyclic) bond motifs is 1. The predicted octanol–water partition coefficient (Wildman–Crippen LogP) is 1.54. The molecule has 4 nitrogen and oxygen atoms in total. The number of hydrogen-bond acceptors (Lipinski definition) is 3. The molecular formula is C16H24N2O2. The summed E-state index contributed by atoms with van der Waals surface area (Å²) in [7, 11) is 0. The topological polar surface area (TPSA) is 61.4 Å². The summed E-state index contributed by atoms with van der Waals surface area (Å²) in [6.07, 6.45) is 0.510. The van der Waals surface area contributed by atoms with E-state index in [1.807, 2.05) is 24.3 Å². The Labute approximate surface area is 120 Å². The number of nitrogens with one attached hydrogen (secondary N) is 2. The lowest BCUT2D eigenvalue weighted by Crippen LogP contribution is -2.40. The number of hydrogen-bond donors (Lipinski definition) is 3. The largest absolute Gasteiger partial charge is 0.390 e. The maximum absolute atomic E-state index is 12.0. The SMILES string of the molecule is CC(C)(C)NCCC(=O)N[C@@H]1c2ccccc2C[C@@H]1O. The van der Waals surface area contributed by atoms with Crippen LogP contribution in [0, 0.1) is 0 Å². The van der Waals surface area contributed by atoms with Crippen LogP contribution in [0.4, 0.5) is 0 Å². The van der Waals surface area contributed by atoms with Gasteiger partial charge in [0.2, 0.25) is 5.91 Å². The number of carbonyl (C=O) groups excluding carboxylic acids is 1. The van der Waals surface area contributed by atoms with Crippen molar-refractivity contribution < 1.29 is 9.90 Å². The van der Waals surface area contributed by atoms with E-state index < -0.39 is 6.10 Å². The van der Waals surface area contributed by atoms with Crippen LogP contribution < -0.4 is 10.6 Å². The summed E-state index contributed by atoms with van der Waals surface area (Å²) in [5, 5.41) is 16.3. The summed E-state index contributed by atoms with van der Waals surface area (Å²) in [5.74, 6) is -0.0255. The van der Waals surface area contributed by atoms with Crippen LogP contribution in [0.1, 0.15) is 44.4 Å². The predicted molar refractivity (Wildman–Crippen MR) is 79.4 cm³/mol. The summed E-state index contributed by atoms with van der Waals surface area (Å²) in [4.78, 5) is 12.0. The van der Waals surface area contributed by atoms with Crippen molar-refractivity contribution in [3.63, 3.8) is 0 Å². The Balaban J connectivity index is 1.89. The van der Waals surface area contributed by atoms with Crippen molar-refractivity contribution in [2.75, 3.05) is 6.54 Å². The van der Waals surface area contributed by atoms with Gasteiger partial charge in [-0.25, -0.2) is 0 Å². The highest BCUT2D eigenvalue weighted by Gasteiger charge is 2.31. The zero-order valence-corrected chi connectivity index (χ0v) is 12.4. The second-order valence-corrected chi connectivity index (χ2v) is 6.44. The summed E-state index contributed by atoms with van der Waals surface area (Å²) < 4.78 is 0. The first-order chi connectivity index (χ1) is 9.37. The first-order valence-electron chi connectivity index (χ1n) is 7.17. The van der Waals surface area contributed by atoms with Gasteiger partial charge in [-0.15, -0.1) is 0 Å². The van der Waals surface area contributed by atoms with Gasteiger partial charge in [0.25, 0.3) is 0 Å². The number of amides is 1. The van der Waals surface area contributed by atoms with E-state index in [1.165, 1.54) is 0 Å². The van der Waals surface area contributed by atoms with E-state index in [9.17, 15) is 9.90 Å². The summed E-state index contributed by atoms with van der Waals surface area (Å²) in [6, 6.07) is 7.61. The monoisotopic (exact) mass is 276 g/mol. The van der Waals surface area contributed by atoms with Crippen LogP contribution in [0.3, 0.4) is 0 Å². The van der Waals surface area contributed by atoms with E-state index in [4.69, 9.17) is 0 Å². The fourth-order valence-corrected chi connectivity index (χ4v) is 2.54. The molecule has 0 fully saturated rings. The first-order valence-corrected chi connectivity index (χ1v) is 7.17. The molecule has 0 aromatic heterocycles. The van der Waals surface area contributed by atoms with Crippen LogP contribution in [0.15, 0.2) is 24.3 Å². The molecule has 0 saturated heterocycles. The quantitative estimate of drug-likeness (QED) is 0.782. The molecule has 2 rings (SSSR count). The third-order valence-corrected chi connectivity index (χ3v) is 3.53. The molecule has 1 aliphatic rings. The van der Waals surface area contributed by atoms with Gasteiger partial charge in [-0.05, 0) is 31.9 Å². The summed E-state index contributed by atoms with van der Waals surface area (Å²) in [6.45, 7) is 6.85. The third-order valence-electron chi connectivity index (χ3n) is 3.53. The summed E-state index contributed by atoms with van der Waals surface area (Å²) >= 11 is 0. The van der Waals surface area contributed by atoms with Gasteiger partial charge < -0.3 is 15.7 Å². The van der Waals surface area contributed by atoms with Crippen LogP contribution in [0.25, 0.3) is 0 Å². The highest BCUT2D eigenvalue weighted by atomic mass is 16.3. The zero-order chi connectivity index (χ0) is 14.8. The Bertz CT molecular complexity index is 480. The zero-order valence-electron chi connectivity index (χ0n) is 12.4. The van der Waals surface area contributed by atoms with Crippen LogP contribution in [0.2, 0.25) is 0 Å². The second kappa shape index (κ2) is 5.94. The Morgan fingerprint density at radius 1 is 1.35 bits per heavy atom. The first kappa shape index (κ1) is 15.0. The van der Waals surface area contributed by atoms with Crippen LogP contribution in [-0.4, -0.2) is 29.2 Å². The number of benzene rings is 1. The normalized spacial score (nSPS) is 21.6. The van der Waals surface area contributed by atoms with Gasteiger partial charge in [0.1, 0.15) is 0 Å². The van der Waals surface area contributed by atoms with Gasteiger partial charge in [0.15, 0.2) is 0 Å². The van der Waals surface area contributed by atoms with Crippen LogP contribution in [-0.2, 0) is 11.2 Å². The Morgan fingerprint density at radius 3 is 2.75 bits per heavy atom. The van der Waals surface area contributed by atoms with Crippen molar-refractivity contribution in [3.8, 4) is 0 Å². The Morgan fingerprint density at radius 2 is 2.05 bits per heavy atom. The van der Waals surface area contributed by atoms with E-state index in [2.05, 4.69) is 31.4 Å². The van der Waals surface area contributed by atoms with Crippen molar-refractivity contribution in [2.24, 2.45) is 0 Å². The van der Waals surface area contributed by atoms with E-state index in [0.717, 1.165) is 11.1 Å². The van der Waals surface area contributed by atoms with Gasteiger partial charge in [-0.3, -0.25) is 4.79 Å². The average molecular weight is 276 g/mol. The summed E-state index contributed by atoms with van der Waals surface area (Å²) in [5.41, 5.74) is 2.18. The number of rotatable bonds is 4. The van der Waals surface area contributed by atoms with Crippen molar-refractivity contribution in [1.82, 2.24) is 10.6 Å². The minimum absolute atomic E-state index is 0.0136. The highest BCUT2D eigenvalue weighted by Crippen LogP contribution is 2.31. The fourth-order valence-electron chi connectivity index (χ4n) is 2.54. The maximum Gasteiger partial charge on any atom is 0.221 e. The van der Waals surface area contributed by atoms with Gasteiger partial charge >= 0.3 is 0 Å². The molecule has 0 heterocycles. The average Bonchev–Trinajstić information content (AvgIpc) is 2.64. The van der Waals surface area contributed by atoms with Gasteiger partial charge in [-0.1, -0.05) is 24.3 Å². The molecule has 4 heteroatoms. The number of carbonyl (C=O) groups is 1.